The zero-order valence-corrected chi connectivity index (χ0v) is 32.6. The number of rotatable bonds is 22. The molecule has 0 aromatic carbocycles. The van der Waals surface area contributed by atoms with E-state index >= 15 is 0 Å². The fraction of sp³-hybridized carbons (Fsp3) is 0.862. The van der Waals surface area contributed by atoms with Crippen molar-refractivity contribution in [1.82, 2.24) is 24.9 Å². The Bertz CT molecular complexity index is 1390. The van der Waals surface area contributed by atoms with Crippen LogP contribution < -0.4 is 20.6 Å². The molecule has 1 aliphatic heterocycles. The number of ether oxygens (including phenoxy) is 1. The molecule has 31 heteroatoms. The number of carbonyl (C=O) groups excluding carboxylic acids is 4. The minimum absolute atomic E-state index is 0. The largest absolute Gasteiger partial charge is 3.00 e. The summed E-state index contributed by atoms with van der Waals surface area (Å²) in [4.78, 5) is 51.3. The van der Waals surface area contributed by atoms with Gasteiger partial charge in [0.05, 0.1) is 30.6 Å². The maximum absolute atomic E-state index is 14.1. The van der Waals surface area contributed by atoms with Gasteiger partial charge in [0.2, 0.25) is 5.91 Å². The fourth-order valence-corrected chi connectivity index (χ4v) is 5.12. The van der Waals surface area contributed by atoms with Gasteiger partial charge < -0.3 is 44.9 Å². The number of aliphatic hydroxyl groups is 1. The van der Waals surface area contributed by atoms with E-state index in [0.717, 1.165) is 0 Å². The summed E-state index contributed by atoms with van der Waals surface area (Å²) in [7, 11) is 0. The zero-order valence-electron chi connectivity index (χ0n) is 30.4. The first-order valence-corrected chi connectivity index (χ1v) is 16.6. The summed E-state index contributed by atoms with van der Waals surface area (Å²) < 4.78 is 220. The van der Waals surface area contributed by atoms with Crippen molar-refractivity contribution in [2.45, 2.75) is 60.4 Å². The summed E-state index contributed by atoms with van der Waals surface area (Å²) in [5, 5.41) is 46.1. The first-order chi connectivity index (χ1) is 26.7. The molecule has 0 aromatic rings. The SMILES string of the molecule is O=C([O-])CN1CCN(CC(=O)[O-])CCN(CC(O)CNC(=O)COCCC(F)(F)C(F)(F)C(F)(F)C(F)(F)C(F)(F)C(F)(F)C(F)(F)C(F)F)CCN(CC(=O)[O-])CC1.[Gd+3]. The van der Waals surface area contributed by atoms with E-state index < -0.39 is 124 Å². The van der Waals surface area contributed by atoms with Gasteiger partial charge in [-0.05, 0) is 0 Å². The third kappa shape index (κ3) is 14.7. The van der Waals surface area contributed by atoms with Crippen molar-refractivity contribution in [2.75, 3.05) is 98.3 Å². The Morgan fingerprint density at radius 1 is 0.583 bits per heavy atom. The number of nitrogens with zero attached hydrogens (tertiary/aromatic N) is 4. The van der Waals surface area contributed by atoms with E-state index in [4.69, 9.17) is 0 Å². The van der Waals surface area contributed by atoms with E-state index in [1.54, 1.807) is 0 Å². The van der Waals surface area contributed by atoms with Crippen molar-refractivity contribution in [3.8, 4) is 0 Å². The monoisotopic (exact) mass is 1060 g/mol. The molecule has 1 amide bonds. The molecule has 60 heavy (non-hydrogen) atoms. The predicted octanol–water partition coefficient (Wildman–Crippen LogP) is -1.95. The molecule has 1 atom stereocenters. The van der Waals surface area contributed by atoms with Crippen LogP contribution in [-0.4, -0.2) is 201 Å². The van der Waals surface area contributed by atoms with Gasteiger partial charge in [-0.15, -0.1) is 0 Å². The molecule has 0 bridgehead atoms. The minimum atomic E-state index is -8.55. The van der Waals surface area contributed by atoms with Crippen molar-refractivity contribution in [2.24, 2.45) is 0 Å². The van der Waals surface area contributed by atoms with Crippen molar-refractivity contribution < 1.29 is 155 Å². The Morgan fingerprint density at radius 2 is 0.917 bits per heavy atom. The van der Waals surface area contributed by atoms with Crippen LogP contribution in [0, 0.1) is 39.9 Å². The second kappa shape index (κ2) is 23.0. The number of β-amino-alcohol motifs (C(OH)–C–C–N with tert-alkyl or cyclic N) is 1. The topological polar surface area (TPSA) is 192 Å². The standard InChI is InChI=1S/C29H39F16N5O9.Gd/c30-22(31)24(34,35)26(38,39)28(42,43)29(44,45)27(40,41)25(36,37)23(32,33)1-10-59-16-18(52)46-11-17(51)12-47-2-4-48(13-19(53)54)6-8-50(15-21(57)58)9-7-49(5-3-47)14-20(55)56;/h17,22,51H,1-16H2,(H,46,52)(H,53,54)(H,55,56)(H,57,58);/q;+3/p-3. The van der Waals surface area contributed by atoms with Crippen molar-refractivity contribution in [3.63, 3.8) is 0 Å². The molecular formula is C29H36F16GdN5O9. The molecule has 0 spiro atoms. The average Bonchev–Trinajstić information content (AvgIpc) is 3.09. The third-order valence-electron chi connectivity index (χ3n) is 8.51. The van der Waals surface area contributed by atoms with Gasteiger partial charge in [-0.3, -0.25) is 24.4 Å². The smallest absolute Gasteiger partial charge is 0.549 e. The number of hydrogen-bond acceptors (Lipinski definition) is 13. The number of aliphatic carboxylic acids is 3. The number of aliphatic hydroxyl groups excluding tert-OH is 1. The van der Waals surface area contributed by atoms with Crippen molar-refractivity contribution in [3.05, 3.63) is 0 Å². The molecule has 1 saturated heterocycles. The van der Waals surface area contributed by atoms with Gasteiger partial charge >= 0.3 is 87.8 Å². The molecule has 1 radical (unpaired) electrons. The number of carboxylic acid groups (broad SMARTS) is 3. The molecule has 1 fully saturated rings. The van der Waals surface area contributed by atoms with E-state index in [1.807, 2.05) is 5.32 Å². The normalized spacial score (nSPS) is 18.0. The Balaban J connectivity index is 0.0000348. The van der Waals surface area contributed by atoms with Crippen LogP contribution in [0.25, 0.3) is 0 Å². The second-order valence-electron chi connectivity index (χ2n) is 13.0. The van der Waals surface area contributed by atoms with Crippen LogP contribution in [0.15, 0.2) is 0 Å². The molecule has 1 heterocycles. The van der Waals surface area contributed by atoms with E-state index in [0.29, 0.717) is 0 Å². The zero-order chi connectivity index (χ0) is 46.0. The summed E-state index contributed by atoms with van der Waals surface area (Å²) >= 11 is 0. The Morgan fingerprint density at radius 3 is 1.27 bits per heavy atom. The molecule has 1 unspecified atom stereocenters. The number of halogens is 16. The maximum atomic E-state index is 14.1. The maximum Gasteiger partial charge on any atom is 3.00 e. The Kier molecular flexibility index (Phi) is 22.1. The van der Waals surface area contributed by atoms with Gasteiger partial charge in [-0.1, -0.05) is 0 Å². The second-order valence-corrected chi connectivity index (χ2v) is 13.0. The number of amides is 1. The van der Waals surface area contributed by atoms with Gasteiger partial charge in [-0.2, -0.15) is 61.5 Å². The summed E-state index contributed by atoms with van der Waals surface area (Å²) in [6.45, 7) is -6.64. The van der Waals surface area contributed by atoms with Gasteiger partial charge in [0.25, 0.3) is 0 Å². The molecule has 0 aromatic heterocycles. The van der Waals surface area contributed by atoms with Crippen LogP contribution in [0.1, 0.15) is 6.42 Å². The van der Waals surface area contributed by atoms with Crippen LogP contribution in [0.2, 0.25) is 0 Å². The van der Waals surface area contributed by atoms with Gasteiger partial charge in [0.1, 0.15) is 6.61 Å². The van der Waals surface area contributed by atoms with Crippen molar-refractivity contribution in [1.29, 1.82) is 0 Å². The average molecular weight is 1060 g/mol. The number of carboxylic acids is 3. The molecule has 351 valence electrons. The van der Waals surface area contributed by atoms with E-state index in [1.165, 1.54) is 19.6 Å². The van der Waals surface area contributed by atoms with Gasteiger partial charge in [-0.25, -0.2) is 8.78 Å². The van der Waals surface area contributed by atoms with E-state index in [9.17, 15) is 110 Å². The fourth-order valence-electron chi connectivity index (χ4n) is 5.12. The summed E-state index contributed by atoms with van der Waals surface area (Å²) in [5.74, 6) is -61.5. The van der Waals surface area contributed by atoms with Crippen LogP contribution in [-0.2, 0) is 23.9 Å². The summed E-state index contributed by atoms with van der Waals surface area (Å²) in [6.07, 6.45) is -10.4. The molecule has 1 rings (SSSR count). The molecule has 14 nitrogen and oxygen atoms in total. The molecule has 0 aliphatic carbocycles. The van der Waals surface area contributed by atoms with E-state index in [2.05, 4.69) is 4.74 Å². The Labute approximate surface area is 360 Å². The number of nitrogens with one attached hydrogen (secondary N) is 1. The number of alkyl halides is 16. The van der Waals surface area contributed by atoms with Crippen molar-refractivity contribution >= 4 is 23.8 Å². The van der Waals surface area contributed by atoms with Crippen LogP contribution >= 0.6 is 0 Å². The Hall–Kier alpha value is -2.16. The number of carbonyl (C=O) groups is 4. The quantitative estimate of drug-likeness (QED) is 0.0901. The molecular weight excluding hydrogens is 1020 g/mol. The van der Waals surface area contributed by atoms with Gasteiger partial charge in [0, 0.05) is 91.5 Å². The summed E-state index contributed by atoms with van der Waals surface area (Å²) in [6, 6.07) is 0. The summed E-state index contributed by atoms with van der Waals surface area (Å²) in [5.41, 5.74) is 0. The first-order valence-electron chi connectivity index (χ1n) is 16.6. The van der Waals surface area contributed by atoms with Crippen LogP contribution in [0.5, 0.6) is 0 Å². The molecule has 1 aliphatic rings. The van der Waals surface area contributed by atoms with E-state index in [-0.39, 0.29) is 98.8 Å². The molecule has 2 N–H and O–H groups in total. The van der Waals surface area contributed by atoms with Gasteiger partial charge in [0.15, 0.2) is 0 Å². The predicted molar refractivity (Wildman–Crippen MR) is 156 cm³/mol. The minimum Gasteiger partial charge on any atom is -0.549 e. The van der Waals surface area contributed by atoms with Crippen LogP contribution in [0.4, 0.5) is 70.2 Å². The molecule has 0 saturated carbocycles. The number of hydrogen-bond donors (Lipinski definition) is 2. The van der Waals surface area contributed by atoms with Crippen LogP contribution in [0.3, 0.4) is 0 Å². The first kappa shape index (κ1) is 57.8. The third-order valence-corrected chi connectivity index (χ3v) is 8.51.